The molecule has 1 aliphatic heterocycles. The van der Waals surface area contributed by atoms with Crippen LogP contribution in [0.4, 0.5) is 0 Å². The van der Waals surface area contributed by atoms with E-state index >= 15 is 0 Å². The highest BCUT2D eigenvalue weighted by atomic mass is 127. The molecule has 1 aliphatic carbocycles. The Kier molecular flexibility index (Phi) is 11.2. The molecule has 0 aromatic rings. The normalized spacial score (nSPS) is 21.2. The minimum Gasteiger partial charge on any atom is -0.356 e. The van der Waals surface area contributed by atoms with Gasteiger partial charge in [-0.15, -0.1) is 24.0 Å². The lowest BCUT2D eigenvalue weighted by atomic mass is 10.2. The van der Waals surface area contributed by atoms with Gasteiger partial charge in [0.15, 0.2) is 5.96 Å². The third-order valence-corrected chi connectivity index (χ3v) is 5.03. The quantitative estimate of drug-likeness (QED) is 0.277. The van der Waals surface area contributed by atoms with Crippen molar-refractivity contribution in [3.8, 4) is 0 Å². The first-order valence-corrected chi connectivity index (χ1v) is 9.23. The zero-order valence-corrected chi connectivity index (χ0v) is 17.3. The Bertz CT molecular complexity index is 323. The van der Waals surface area contributed by atoms with Crippen LogP contribution in [0, 0.1) is 0 Å². The Balaban J connectivity index is 0.00000264. The molecule has 2 fully saturated rings. The lowest BCUT2D eigenvalue weighted by molar-refractivity contribution is 0.136. The van der Waals surface area contributed by atoms with E-state index in [0.717, 1.165) is 12.5 Å². The molecule has 2 N–H and O–H groups in total. The maximum Gasteiger partial charge on any atom is 0.191 e. The van der Waals surface area contributed by atoms with Crippen LogP contribution in [0.1, 0.15) is 45.4 Å². The lowest BCUT2D eigenvalue weighted by Gasteiger charge is -2.34. The molecule has 0 radical (unpaired) electrons. The minimum atomic E-state index is 0. The van der Waals surface area contributed by atoms with Crippen molar-refractivity contribution in [2.45, 2.75) is 51.5 Å². The minimum absolute atomic E-state index is 0. The zero-order chi connectivity index (χ0) is 15.6. The van der Waals surface area contributed by atoms with E-state index in [1.807, 2.05) is 7.05 Å². The topological polar surface area (TPSA) is 42.9 Å². The second kappa shape index (κ2) is 12.3. The molecule has 0 spiro atoms. The van der Waals surface area contributed by atoms with E-state index < -0.39 is 0 Å². The van der Waals surface area contributed by atoms with Gasteiger partial charge in [-0.1, -0.05) is 19.8 Å². The molecule has 0 aromatic heterocycles. The van der Waals surface area contributed by atoms with Crippen molar-refractivity contribution in [2.75, 3.05) is 52.9 Å². The monoisotopic (exact) mass is 437 g/mol. The molecule has 5 nitrogen and oxygen atoms in total. The molecule has 0 bridgehead atoms. The van der Waals surface area contributed by atoms with Gasteiger partial charge in [-0.25, -0.2) is 0 Å². The van der Waals surface area contributed by atoms with E-state index in [-0.39, 0.29) is 24.0 Å². The summed E-state index contributed by atoms with van der Waals surface area (Å²) < 4.78 is 0. The van der Waals surface area contributed by atoms with Crippen LogP contribution < -0.4 is 10.6 Å². The third-order valence-electron chi connectivity index (χ3n) is 5.03. The number of nitrogens with one attached hydrogen (secondary N) is 2. The van der Waals surface area contributed by atoms with Crippen LogP contribution in [0.15, 0.2) is 4.99 Å². The van der Waals surface area contributed by atoms with Gasteiger partial charge in [0.05, 0.1) is 0 Å². The summed E-state index contributed by atoms with van der Waals surface area (Å²) in [5.74, 6) is 0.989. The Morgan fingerprint density at radius 3 is 2.30 bits per heavy atom. The first-order valence-electron chi connectivity index (χ1n) is 9.23. The predicted molar refractivity (Wildman–Crippen MR) is 110 cm³/mol. The maximum absolute atomic E-state index is 4.34. The van der Waals surface area contributed by atoms with Crippen molar-refractivity contribution in [3.05, 3.63) is 0 Å². The zero-order valence-electron chi connectivity index (χ0n) is 15.0. The molecule has 2 aliphatic rings. The summed E-state index contributed by atoms with van der Waals surface area (Å²) in [5.41, 5.74) is 0. The number of unbranched alkanes of at least 4 members (excludes halogenated alkanes) is 1. The largest absolute Gasteiger partial charge is 0.356 e. The second-order valence-electron chi connectivity index (χ2n) is 6.61. The Morgan fingerprint density at radius 1 is 1.04 bits per heavy atom. The fourth-order valence-corrected chi connectivity index (χ4v) is 3.45. The predicted octanol–water partition coefficient (Wildman–Crippen LogP) is 2.13. The molecule has 0 atom stereocenters. The summed E-state index contributed by atoms with van der Waals surface area (Å²) in [5, 5.41) is 7.00. The van der Waals surface area contributed by atoms with Crippen molar-refractivity contribution in [1.82, 2.24) is 20.4 Å². The maximum atomic E-state index is 4.34. The van der Waals surface area contributed by atoms with Gasteiger partial charge in [0.25, 0.3) is 0 Å². The van der Waals surface area contributed by atoms with E-state index in [9.17, 15) is 0 Å². The van der Waals surface area contributed by atoms with Crippen LogP contribution in [-0.4, -0.2) is 74.7 Å². The van der Waals surface area contributed by atoms with Gasteiger partial charge in [0.2, 0.25) is 0 Å². The molecule has 1 saturated carbocycles. The molecule has 23 heavy (non-hydrogen) atoms. The van der Waals surface area contributed by atoms with Crippen LogP contribution in [-0.2, 0) is 0 Å². The summed E-state index contributed by atoms with van der Waals surface area (Å²) in [6, 6.07) is 0.640. The van der Waals surface area contributed by atoms with E-state index in [0.29, 0.717) is 6.04 Å². The third kappa shape index (κ3) is 8.03. The first-order chi connectivity index (χ1) is 10.8. The highest BCUT2D eigenvalue weighted by Crippen LogP contribution is 2.17. The number of aliphatic imine (C=N–C) groups is 1. The van der Waals surface area contributed by atoms with Crippen molar-refractivity contribution >= 4 is 29.9 Å². The smallest absolute Gasteiger partial charge is 0.191 e. The first kappa shape index (κ1) is 21.0. The van der Waals surface area contributed by atoms with Gasteiger partial charge in [-0.05, 0) is 38.8 Å². The summed E-state index contributed by atoms with van der Waals surface area (Å²) in [6.45, 7) is 10.7. The Hall–Kier alpha value is -0.0800. The van der Waals surface area contributed by atoms with Crippen molar-refractivity contribution < 1.29 is 0 Å². The van der Waals surface area contributed by atoms with Crippen LogP contribution in [0.2, 0.25) is 0 Å². The van der Waals surface area contributed by atoms with Gasteiger partial charge < -0.3 is 20.4 Å². The van der Waals surface area contributed by atoms with Crippen molar-refractivity contribution in [1.29, 1.82) is 0 Å². The van der Waals surface area contributed by atoms with Gasteiger partial charge in [-0.3, -0.25) is 4.99 Å². The van der Waals surface area contributed by atoms with Crippen molar-refractivity contribution in [3.63, 3.8) is 0 Å². The number of halogens is 1. The summed E-state index contributed by atoms with van der Waals surface area (Å²) >= 11 is 0. The van der Waals surface area contributed by atoms with Crippen LogP contribution in [0.5, 0.6) is 0 Å². The number of guanidine groups is 1. The highest BCUT2D eigenvalue weighted by Gasteiger charge is 2.16. The summed E-state index contributed by atoms with van der Waals surface area (Å²) in [6.07, 6.45) is 7.81. The molecule has 0 unspecified atom stereocenters. The highest BCUT2D eigenvalue weighted by molar-refractivity contribution is 14.0. The molecular weight excluding hydrogens is 401 g/mol. The Labute approximate surface area is 159 Å². The van der Waals surface area contributed by atoms with Gasteiger partial charge in [0, 0.05) is 45.8 Å². The molecule has 136 valence electrons. The van der Waals surface area contributed by atoms with Gasteiger partial charge >= 0.3 is 0 Å². The van der Waals surface area contributed by atoms with Gasteiger partial charge in [-0.2, -0.15) is 0 Å². The average Bonchev–Trinajstić information content (AvgIpc) is 3.07. The second-order valence-corrected chi connectivity index (χ2v) is 6.61. The fraction of sp³-hybridized carbons (Fsp3) is 0.941. The number of nitrogens with zero attached hydrogens (tertiary/aromatic N) is 3. The number of piperazine rings is 1. The van der Waals surface area contributed by atoms with E-state index in [1.54, 1.807) is 0 Å². The molecular formula is C17H36IN5. The van der Waals surface area contributed by atoms with E-state index in [1.165, 1.54) is 77.8 Å². The van der Waals surface area contributed by atoms with E-state index in [2.05, 4.69) is 32.3 Å². The van der Waals surface area contributed by atoms with Crippen LogP contribution in [0.3, 0.4) is 0 Å². The van der Waals surface area contributed by atoms with Crippen molar-refractivity contribution in [2.24, 2.45) is 4.99 Å². The molecule has 0 aromatic carbocycles. The summed E-state index contributed by atoms with van der Waals surface area (Å²) in [7, 11) is 1.87. The number of rotatable bonds is 7. The van der Waals surface area contributed by atoms with Crippen LogP contribution in [0.25, 0.3) is 0 Å². The SMILES string of the molecule is CCN1CCN(CCCCNC(=NC)NC2CCCC2)CC1.I. The standard InChI is InChI=1S/C17H35N5.HI/c1-3-21-12-14-22(15-13-21)11-7-6-10-19-17(18-2)20-16-8-4-5-9-16;/h16H,3-15H2,1-2H3,(H2,18,19,20);1H. The molecule has 6 heteroatoms. The van der Waals surface area contributed by atoms with E-state index in [4.69, 9.17) is 0 Å². The molecule has 2 rings (SSSR count). The lowest BCUT2D eigenvalue weighted by Crippen LogP contribution is -2.46. The molecule has 0 amide bonds. The molecule has 1 saturated heterocycles. The molecule has 1 heterocycles. The fourth-order valence-electron chi connectivity index (χ4n) is 3.45. The number of hydrogen-bond donors (Lipinski definition) is 2. The Morgan fingerprint density at radius 2 is 1.70 bits per heavy atom. The van der Waals surface area contributed by atoms with Gasteiger partial charge in [0.1, 0.15) is 0 Å². The van der Waals surface area contributed by atoms with Crippen LogP contribution >= 0.6 is 24.0 Å². The number of hydrogen-bond acceptors (Lipinski definition) is 3. The average molecular weight is 437 g/mol. The summed E-state index contributed by atoms with van der Waals surface area (Å²) in [4.78, 5) is 9.48. The number of likely N-dealkylation sites (N-methyl/N-ethyl adjacent to an activating group) is 1.